The van der Waals surface area contributed by atoms with Crippen LogP contribution in [0.3, 0.4) is 0 Å². The van der Waals surface area contributed by atoms with Gasteiger partial charge in [-0.25, -0.2) is 9.59 Å². The van der Waals surface area contributed by atoms with E-state index >= 15 is 4.79 Å². The summed E-state index contributed by atoms with van der Waals surface area (Å²) in [6.07, 6.45) is -3.30. The summed E-state index contributed by atoms with van der Waals surface area (Å²) in [6.45, 7) is 19.8. The molecule has 5 saturated heterocycles. The number of hydrogen-bond acceptors (Lipinski definition) is 21. The minimum atomic E-state index is -1.87. The van der Waals surface area contributed by atoms with Crippen molar-refractivity contribution in [1.82, 2.24) is 5.32 Å². The maximum Gasteiger partial charge on any atom is 0.407 e. The van der Waals surface area contributed by atoms with Gasteiger partial charge in [-0.3, -0.25) is 19.7 Å². The summed E-state index contributed by atoms with van der Waals surface area (Å²) in [7, 11) is 2.66. The highest BCUT2D eigenvalue weighted by molar-refractivity contribution is 6.26. The third-order valence-electron chi connectivity index (χ3n) is 20.2. The largest absolute Gasteiger partial charge is 0.511 e. The van der Waals surface area contributed by atoms with Gasteiger partial charge in [0.05, 0.1) is 68.5 Å². The van der Waals surface area contributed by atoms with E-state index in [1.54, 1.807) is 53.7 Å². The van der Waals surface area contributed by atoms with Gasteiger partial charge in [-0.05, 0) is 89.2 Å². The summed E-state index contributed by atoms with van der Waals surface area (Å²) in [5.41, 5.74) is -3.76. The fourth-order valence-corrected chi connectivity index (χ4v) is 15.7. The molecule has 6 fully saturated rings. The number of methoxy groups -OCH3 is 2. The average molecular weight is 1190 g/mol. The number of Topliss-reactive ketones (excluding diaryl/α,β-unsaturated/α-hetero) is 1. The van der Waals surface area contributed by atoms with Gasteiger partial charge in [0.1, 0.15) is 42.0 Å². The second-order valence-corrected chi connectivity index (χ2v) is 25.8. The Kier molecular flexibility index (Phi) is 19.0. The maximum absolute atomic E-state index is 15.5. The first-order valence-corrected chi connectivity index (χ1v) is 29.8. The van der Waals surface area contributed by atoms with E-state index in [0.29, 0.717) is 23.9 Å². The molecule has 9 aliphatic rings. The van der Waals surface area contributed by atoms with Crippen molar-refractivity contribution >= 4 is 24.1 Å². The van der Waals surface area contributed by atoms with E-state index in [1.807, 2.05) is 26.0 Å². The van der Waals surface area contributed by atoms with Crippen LogP contribution in [0.4, 0.5) is 4.79 Å². The number of ketones is 1. The number of allylic oxidation sites excluding steroid dienone is 4. The molecule has 2 unspecified atom stereocenters. The first kappa shape index (κ1) is 64.0. The lowest BCUT2D eigenvalue weighted by Gasteiger charge is -2.56. The molecule has 0 aromatic carbocycles. The van der Waals surface area contributed by atoms with Gasteiger partial charge >= 0.3 is 12.1 Å². The standard InChI is InChI=1S/C61H88N2O21/c1-27-14-17-42(80-47-25-59(10,63(72)73)54(35(9)79-47)62-58(71)75-13)28(2)19-37-20-36(26-64)31(5)24-61(37)56(69)48(57(70)84-61)55(68)60(11)39(27)16-15-38-49(60)29(3)18-30(4)51(38)82-46-23-43(50(67)32(6)76-46)81-44-22-41(66)53(34(8)78-44)83-45-21-40(65)52(74-12)33(7)77-45/h14-16,19-20,26,29-35,37-47,49-54,65-68H,17-18,21-25H2,1-13H3,(H,62,71)/t29-,30-,31+,32+,33+,34+,35+,37-,38-,39-,40-,41-,42?,43-,44-,45-,46-,47+,49+,50+,51-,52+,53+,54-,59-,60+,61?/m1/s1. The zero-order chi connectivity index (χ0) is 61.2. The molecule has 1 spiro atoms. The van der Waals surface area contributed by atoms with E-state index < -0.39 is 185 Å². The van der Waals surface area contributed by atoms with Crippen LogP contribution < -0.4 is 5.32 Å². The predicted molar refractivity (Wildman–Crippen MR) is 297 cm³/mol. The Bertz CT molecular complexity index is 2630. The number of nitro groups is 1. The molecule has 0 radical (unpaired) electrons. The first-order chi connectivity index (χ1) is 39.6. The number of aliphatic hydroxyl groups excluding tert-OH is 4. The van der Waals surface area contributed by atoms with Crippen molar-refractivity contribution in [2.45, 2.75) is 237 Å². The molecule has 4 aliphatic carbocycles. The summed E-state index contributed by atoms with van der Waals surface area (Å²) in [4.78, 5) is 67.6. The van der Waals surface area contributed by atoms with Crippen LogP contribution in [0.25, 0.3) is 0 Å². The molecule has 5 heterocycles. The molecule has 1 amide bonds. The molecular formula is C61H88N2O21. The Hall–Kier alpha value is -4.50. The predicted octanol–water partition coefficient (Wildman–Crippen LogP) is 5.78. The third-order valence-corrected chi connectivity index (χ3v) is 20.2. The topological polar surface area (TPSA) is 306 Å². The summed E-state index contributed by atoms with van der Waals surface area (Å²) in [5, 5.41) is 62.2. The smallest absolute Gasteiger partial charge is 0.407 e. The SMILES string of the molecule is COC(=O)N[C@@H]1[C@H](C)O[C@@H](OC2CC=C(C)[C@H]3C=C[C@H]4[C@H](O[C@@H]5C[C@@H](O[C@@H]6C[C@@H](O)[C@@H](O[C@@H]7C[C@@H](O)[C@@H](OC)[C@H](C)O7)[C@H](C)O6)[C@@H](O)[C@H](C)O5)[C@H](C)C[C@@H](C)[C@@H]4[C@@]3(C)C(O)=C3C(=O)OC4(C[C@H](C)C(C=O)=C[C@H]4C=C2C)C3=O)C[C@@]1(C)[N+](=O)[O-]. The molecule has 1 saturated carbocycles. The first-order valence-electron chi connectivity index (χ1n) is 29.8. The molecule has 468 valence electrons. The summed E-state index contributed by atoms with van der Waals surface area (Å²) in [5.74, 6) is -5.42. The van der Waals surface area contributed by atoms with E-state index in [0.717, 1.165) is 12.7 Å². The van der Waals surface area contributed by atoms with Gasteiger partial charge in [-0.15, -0.1) is 0 Å². The lowest BCUT2D eigenvalue weighted by atomic mass is 9.49. The molecule has 84 heavy (non-hydrogen) atoms. The number of rotatable bonds is 12. The molecule has 0 aromatic rings. The number of fused-ring (bicyclic) bond motifs is 4. The average Bonchev–Trinajstić information content (AvgIpc) is 2.80. The number of hydrogen-bond donors (Lipinski definition) is 5. The monoisotopic (exact) mass is 1180 g/mol. The highest BCUT2D eigenvalue weighted by Crippen LogP contribution is 2.61. The number of nitrogens with zero attached hydrogens (tertiary/aromatic N) is 1. The van der Waals surface area contributed by atoms with Crippen LogP contribution in [-0.2, 0) is 66.5 Å². The van der Waals surface area contributed by atoms with Crippen molar-refractivity contribution in [1.29, 1.82) is 0 Å². The van der Waals surface area contributed by atoms with Crippen molar-refractivity contribution in [3.05, 3.63) is 68.5 Å². The summed E-state index contributed by atoms with van der Waals surface area (Å²) in [6, 6.07) is -1.09. The number of esters is 1. The van der Waals surface area contributed by atoms with Crippen molar-refractivity contribution in [3.63, 3.8) is 0 Å². The lowest BCUT2D eigenvalue weighted by Crippen LogP contribution is -2.65. The van der Waals surface area contributed by atoms with Crippen LogP contribution in [0.15, 0.2) is 58.4 Å². The van der Waals surface area contributed by atoms with Gasteiger partial charge in [0, 0.05) is 67.8 Å². The zero-order valence-electron chi connectivity index (χ0n) is 50.4. The molecule has 0 aromatic heterocycles. The fourth-order valence-electron chi connectivity index (χ4n) is 15.7. The quantitative estimate of drug-likeness (QED) is 0.0386. The molecule has 5 N–H and O–H groups in total. The van der Waals surface area contributed by atoms with Crippen LogP contribution in [-0.4, -0.2) is 179 Å². The number of alkyl carbamates (subject to hydrolysis) is 1. The van der Waals surface area contributed by atoms with Crippen LogP contribution in [0.5, 0.6) is 0 Å². The fraction of sp³-hybridized carbons (Fsp3) is 0.770. The van der Waals surface area contributed by atoms with Gasteiger partial charge in [-0.2, -0.15) is 0 Å². The summed E-state index contributed by atoms with van der Waals surface area (Å²) < 4.78 is 67.8. The number of carbonyl (C=O) groups is 4. The van der Waals surface area contributed by atoms with E-state index in [4.69, 9.17) is 52.1 Å². The highest BCUT2D eigenvalue weighted by Gasteiger charge is 2.64. The molecule has 23 heteroatoms. The number of aliphatic hydroxyl groups is 4. The van der Waals surface area contributed by atoms with Gasteiger partial charge < -0.3 is 77.8 Å². The van der Waals surface area contributed by atoms with Crippen molar-refractivity contribution in [2.24, 2.45) is 46.8 Å². The molecule has 23 nitrogen and oxygen atoms in total. The molecule has 27 atom stereocenters. The van der Waals surface area contributed by atoms with Crippen molar-refractivity contribution in [2.75, 3.05) is 14.2 Å². The third kappa shape index (κ3) is 11.7. The number of carbonyl (C=O) groups excluding carboxylic acids is 4. The van der Waals surface area contributed by atoms with Gasteiger partial charge in [0.25, 0.3) is 0 Å². The van der Waals surface area contributed by atoms with Crippen molar-refractivity contribution < 1.29 is 96.6 Å². The molecular weight excluding hydrogens is 1100 g/mol. The zero-order valence-corrected chi connectivity index (χ0v) is 50.4. The minimum absolute atomic E-state index is 0.00996. The van der Waals surface area contributed by atoms with Crippen LogP contribution >= 0.6 is 0 Å². The number of aldehydes is 1. The van der Waals surface area contributed by atoms with E-state index in [9.17, 15) is 44.9 Å². The van der Waals surface area contributed by atoms with E-state index in [-0.39, 0.29) is 50.4 Å². The second kappa shape index (κ2) is 24.9. The van der Waals surface area contributed by atoms with Gasteiger partial charge in [0.2, 0.25) is 11.3 Å². The maximum atomic E-state index is 15.5. The normalized spacial score (nSPS) is 47.2. The second-order valence-electron chi connectivity index (χ2n) is 25.8. The van der Waals surface area contributed by atoms with Gasteiger partial charge in [0.15, 0.2) is 30.8 Å². The Morgan fingerprint density at radius 1 is 0.762 bits per heavy atom. The summed E-state index contributed by atoms with van der Waals surface area (Å²) >= 11 is 0. The van der Waals surface area contributed by atoms with Crippen LogP contribution in [0, 0.1) is 57.0 Å². The number of nitrogens with one attached hydrogen (secondary N) is 1. The number of ether oxygens (including phenoxy) is 11. The Morgan fingerprint density at radius 2 is 1.38 bits per heavy atom. The molecule has 2 bridgehead atoms. The molecule has 9 rings (SSSR count). The molecule has 5 aliphatic heterocycles. The minimum Gasteiger partial charge on any atom is -0.511 e. The van der Waals surface area contributed by atoms with Crippen molar-refractivity contribution in [3.8, 4) is 0 Å². The highest BCUT2D eigenvalue weighted by atomic mass is 16.7. The Balaban J connectivity index is 1.01. The van der Waals surface area contributed by atoms with Crippen LogP contribution in [0.2, 0.25) is 0 Å². The van der Waals surface area contributed by atoms with E-state index in [1.165, 1.54) is 14.0 Å². The van der Waals surface area contributed by atoms with E-state index in [2.05, 4.69) is 25.2 Å². The van der Waals surface area contributed by atoms with Crippen LogP contribution in [0.1, 0.15) is 121 Å². The lowest BCUT2D eigenvalue weighted by molar-refractivity contribution is -0.584. The Labute approximate surface area is 490 Å². The van der Waals surface area contributed by atoms with Gasteiger partial charge in [-0.1, -0.05) is 63.6 Å². The Morgan fingerprint density at radius 3 is 2.01 bits per heavy atom. The number of amides is 1.